The number of piperidine rings is 1. The van der Waals surface area contributed by atoms with E-state index in [9.17, 15) is 9.59 Å². The summed E-state index contributed by atoms with van der Waals surface area (Å²) in [6.07, 6.45) is 2.43. The molecule has 3 rings (SSSR count). The third-order valence-electron chi connectivity index (χ3n) is 3.40. The zero-order valence-corrected chi connectivity index (χ0v) is 8.96. The van der Waals surface area contributed by atoms with E-state index < -0.39 is 0 Å². The lowest BCUT2D eigenvalue weighted by Crippen LogP contribution is -2.35. The first-order chi connectivity index (χ1) is 7.70. The van der Waals surface area contributed by atoms with Gasteiger partial charge in [-0.3, -0.25) is 19.5 Å². The van der Waals surface area contributed by atoms with Crippen molar-refractivity contribution in [3.05, 3.63) is 30.1 Å². The molecule has 2 fully saturated rings. The number of amides is 2. The normalized spacial score (nSPS) is 29.2. The monoisotopic (exact) mass is 216 g/mol. The van der Waals surface area contributed by atoms with Crippen LogP contribution in [-0.2, 0) is 9.59 Å². The Morgan fingerprint density at radius 3 is 2.56 bits per heavy atom. The second kappa shape index (κ2) is 3.14. The van der Waals surface area contributed by atoms with Gasteiger partial charge in [0.05, 0.1) is 23.6 Å². The summed E-state index contributed by atoms with van der Waals surface area (Å²) in [5.74, 6) is -0.0985. The van der Waals surface area contributed by atoms with Crippen LogP contribution in [-0.4, -0.2) is 21.7 Å². The number of hydrogen-bond donors (Lipinski definition) is 0. The van der Waals surface area contributed by atoms with Gasteiger partial charge in [0.15, 0.2) is 0 Å². The lowest BCUT2D eigenvalue weighted by Gasteiger charge is -2.23. The van der Waals surface area contributed by atoms with Crippen LogP contribution in [0.5, 0.6) is 0 Å². The summed E-state index contributed by atoms with van der Waals surface area (Å²) >= 11 is 0. The van der Waals surface area contributed by atoms with Gasteiger partial charge in [0.25, 0.3) is 0 Å². The Bertz CT molecular complexity index is 437. The van der Waals surface area contributed by atoms with Crippen LogP contribution in [0, 0.1) is 11.8 Å². The molecule has 2 amide bonds. The second-order valence-electron chi connectivity index (χ2n) is 4.43. The number of imide groups is 1. The summed E-state index contributed by atoms with van der Waals surface area (Å²) in [5, 5.41) is 0. The van der Waals surface area contributed by atoms with Gasteiger partial charge in [-0.1, -0.05) is 6.07 Å². The SMILES string of the molecule is C[C@H](c1ccccn1)N1C(=O)[C@H]2C[C@@H]2C1=O. The Hall–Kier alpha value is -1.71. The third kappa shape index (κ3) is 1.19. The molecule has 3 atom stereocenters. The third-order valence-corrected chi connectivity index (χ3v) is 3.40. The maximum Gasteiger partial charge on any atom is 0.233 e. The van der Waals surface area contributed by atoms with Crippen molar-refractivity contribution in [1.29, 1.82) is 0 Å². The quantitative estimate of drug-likeness (QED) is 0.697. The summed E-state index contributed by atoms with van der Waals surface area (Å²) in [6, 6.07) is 5.29. The molecular formula is C12H12N2O2. The Morgan fingerprint density at radius 1 is 1.31 bits per heavy atom. The molecule has 0 radical (unpaired) electrons. The van der Waals surface area contributed by atoms with E-state index in [1.807, 2.05) is 25.1 Å². The van der Waals surface area contributed by atoms with E-state index in [1.165, 1.54) is 4.90 Å². The van der Waals surface area contributed by atoms with Gasteiger partial charge in [0, 0.05) is 6.20 Å². The highest BCUT2D eigenvalue weighted by molar-refractivity contribution is 6.09. The Labute approximate surface area is 93.3 Å². The van der Waals surface area contributed by atoms with Crippen molar-refractivity contribution in [2.75, 3.05) is 0 Å². The Kier molecular flexibility index (Phi) is 1.87. The van der Waals surface area contributed by atoms with Crippen molar-refractivity contribution in [2.24, 2.45) is 11.8 Å². The van der Waals surface area contributed by atoms with Crippen molar-refractivity contribution in [1.82, 2.24) is 9.88 Å². The van der Waals surface area contributed by atoms with E-state index in [0.29, 0.717) is 0 Å². The molecule has 0 spiro atoms. The van der Waals surface area contributed by atoms with Crippen LogP contribution in [0.25, 0.3) is 0 Å². The highest BCUT2D eigenvalue weighted by Gasteiger charge is 2.59. The van der Waals surface area contributed by atoms with Crippen molar-refractivity contribution >= 4 is 11.8 Å². The van der Waals surface area contributed by atoms with Gasteiger partial charge in [-0.05, 0) is 25.5 Å². The number of carbonyl (C=O) groups excluding carboxylic acids is 2. The number of hydrogen-bond acceptors (Lipinski definition) is 3. The van der Waals surface area contributed by atoms with E-state index in [1.54, 1.807) is 6.20 Å². The predicted molar refractivity (Wildman–Crippen MR) is 56.1 cm³/mol. The lowest BCUT2D eigenvalue weighted by molar-refractivity contribution is -0.143. The second-order valence-corrected chi connectivity index (χ2v) is 4.43. The molecule has 0 bridgehead atoms. The summed E-state index contributed by atoms with van der Waals surface area (Å²) in [6.45, 7) is 1.85. The molecular weight excluding hydrogens is 204 g/mol. The number of aromatic nitrogens is 1. The molecule has 1 saturated carbocycles. The van der Waals surface area contributed by atoms with Crippen LogP contribution >= 0.6 is 0 Å². The van der Waals surface area contributed by atoms with Crippen LogP contribution in [0.15, 0.2) is 24.4 Å². The Morgan fingerprint density at radius 2 is 2.00 bits per heavy atom. The molecule has 0 N–H and O–H groups in total. The van der Waals surface area contributed by atoms with Crippen molar-refractivity contribution in [2.45, 2.75) is 19.4 Å². The van der Waals surface area contributed by atoms with Gasteiger partial charge < -0.3 is 0 Å². The number of fused-ring (bicyclic) bond motifs is 1. The molecule has 1 aliphatic heterocycles. The predicted octanol–water partition coefficient (Wildman–Crippen LogP) is 1.15. The molecule has 1 saturated heterocycles. The van der Waals surface area contributed by atoms with Gasteiger partial charge in [0.1, 0.15) is 0 Å². The van der Waals surface area contributed by atoms with Crippen LogP contribution in [0.3, 0.4) is 0 Å². The first-order valence-corrected chi connectivity index (χ1v) is 5.48. The maximum atomic E-state index is 11.8. The lowest BCUT2D eigenvalue weighted by atomic mass is 10.2. The minimum absolute atomic E-state index is 0.0202. The van der Waals surface area contributed by atoms with Crippen molar-refractivity contribution < 1.29 is 9.59 Å². The first-order valence-electron chi connectivity index (χ1n) is 5.48. The summed E-state index contributed by atoms with van der Waals surface area (Å²) in [7, 11) is 0. The molecule has 1 aliphatic carbocycles. The number of nitrogens with zero attached hydrogens (tertiary/aromatic N) is 2. The Balaban J connectivity index is 1.89. The van der Waals surface area contributed by atoms with Gasteiger partial charge in [-0.15, -0.1) is 0 Å². The number of rotatable bonds is 2. The number of pyridine rings is 1. The standard InChI is InChI=1S/C12H12N2O2/c1-7(10-4-2-3-5-13-10)14-11(15)8-6-9(8)12(14)16/h2-5,7-9H,6H2,1H3/t7-,8+,9+/m1/s1. The molecule has 4 heteroatoms. The molecule has 1 aromatic heterocycles. The van der Waals surface area contributed by atoms with Gasteiger partial charge in [0.2, 0.25) is 11.8 Å². The molecule has 2 heterocycles. The molecule has 1 aromatic rings. The highest BCUT2D eigenvalue weighted by atomic mass is 16.2. The fourth-order valence-corrected chi connectivity index (χ4v) is 2.34. The first kappa shape index (κ1) is 9.51. The van der Waals surface area contributed by atoms with Crippen LogP contribution in [0.1, 0.15) is 25.1 Å². The zero-order chi connectivity index (χ0) is 11.3. The van der Waals surface area contributed by atoms with Crippen LogP contribution < -0.4 is 0 Å². The summed E-state index contributed by atoms with van der Waals surface area (Å²) < 4.78 is 0. The van der Waals surface area contributed by atoms with Gasteiger partial charge >= 0.3 is 0 Å². The summed E-state index contributed by atoms with van der Waals surface area (Å²) in [5.41, 5.74) is 0.769. The van der Waals surface area contributed by atoms with E-state index in [0.717, 1.165) is 12.1 Å². The van der Waals surface area contributed by atoms with E-state index >= 15 is 0 Å². The average molecular weight is 216 g/mol. The number of carbonyl (C=O) groups is 2. The van der Waals surface area contributed by atoms with Crippen molar-refractivity contribution in [3.63, 3.8) is 0 Å². The maximum absolute atomic E-state index is 11.8. The molecule has 16 heavy (non-hydrogen) atoms. The minimum atomic E-state index is -0.242. The molecule has 0 aromatic carbocycles. The van der Waals surface area contributed by atoms with Crippen LogP contribution in [0.2, 0.25) is 0 Å². The highest BCUT2D eigenvalue weighted by Crippen LogP contribution is 2.49. The van der Waals surface area contributed by atoms with E-state index in [-0.39, 0.29) is 29.7 Å². The van der Waals surface area contributed by atoms with Gasteiger partial charge in [-0.25, -0.2) is 0 Å². The zero-order valence-electron chi connectivity index (χ0n) is 8.96. The topological polar surface area (TPSA) is 50.3 Å². The minimum Gasteiger partial charge on any atom is -0.274 e. The molecule has 4 nitrogen and oxygen atoms in total. The van der Waals surface area contributed by atoms with Crippen molar-refractivity contribution in [3.8, 4) is 0 Å². The largest absolute Gasteiger partial charge is 0.274 e. The molecule has 0 unspecified atom stereocenters. The summed E-state index contributed by atoms with van der Waals surface area (Å²) in [4.78, 5) is 29.3. The van der Waals surface area contributed by atoms with Gasteiger partial charge in [-0.2, -0.15) is 0 Å². The fraction of sp³-hybridized carbons (Fsp3) is 0.417. The number of likely N-dealkylation sites (tertiary alicyclic amines) is 1. The van der Waals surface area contributed by atoms with Crippen LogP contribution in [0.4, 0.5) is 0 Å². The van der Waals surface area contributed by atoms with E-state index in [2.05, 4.69) is 4.98 Å². The molecule has 82 valence electrons. The average Bonchev–Trinajstić information content (AvgIpc) is 3.05. The van der Waals surface area contributed by atoms with E-state index in [4.69, 9.17) is 0 Å². The molecule has 2 aliphatic rings. The smallest absolute Gasteiger partial charge is 0.233 e. The fourth-order valence-electron chi connectivity index (χ4n) is 2.34.